The fourth-order valence-corrected chi connectivity index (χ4v) is 1.57. The monoisotopic (exact) mass is 185 g/mol. The first-order valence-corrected chi connectivity index (χ1v) is 4.65. The van der Waals surface area contributed by atoms with Crippen LogP contribution in [0.4, 0.5) is 0 Å². The summed E-state index contributed by atoms with van der Waals surface area (Å²) in [7, 11) is 0. The van der Waals surface area contributed by atoms with E-state index in [2.05, 4.69) is 5.32 Å². The number of amides is 1. The van der Waals surface area contributed by atoms with Gasteiger partial charge in [-0.2, -0.15) is 0 Å². The van der Waals surface area contributed by atoms with Crippen LogP contribution >= 0.6 is 0 Å². The van der Waals surface area contributed by atoms with Crippen molar-refractivity contribution >= 4 is 11.9 Å². The zero-order valence-corrected chi connectivity index (χ0v) is 8.00. The number of ether oxygens (including phenoxy) is 1. The third kappa shape index (κ3) is 2.20. The average Bonchev–Trinajstić information content (AvgIpc) is 2.47. The van der Waals surface area contributed by atoms with E-state index in [1.54, 1.807) is 6.92 Å². The van der Waals surface area contributed by atoms with Crippen molar-refractivity contribution in [2.75, 3.05) is 6.61 Å². The molecule has 1 rings (SSSR count). The van der Waals surface area contributed by atoms with Gasteiger partial charge in [0.05, 0.1) is 6.61 Å². The second kappa shape index (κ2) is 4.25. The van der Waals surface area contributed by atoms with Crippen LogP contribution in [0.2, 0.25) is 0 Å². The number of rotatable bonds is 3. The lowest BCUT2D eigenvalue weighted by atomic mass is 9.98. The van der Waals surface area contributed by atoms with Crippen molar-refractivity contribution in [1.82, 2.24) is 5.32 Å². The minimum atomic E-state index is -0.419. The van der Waals surface area contributed by atoms with E-state index >= 15 is 0 Å². The van der Waals surface area contributed by atoms with E-state index < -0.39 is 6.04 Å². The Bertz CT molecular complexity index is 215. The molecule has 1 heterocycles. The van der Waals surface area contributed by atoms with Crippen molar-refractivity contribution in [3.05, 3.63) is 0 Å². The normalized spacial score (nSPS) is 27.1. The minimum Gasteiger partial charge on any atom is -0.464 e. The van der Waals surface area contributed by atoms with E-state index in [1.165, 1.54) is 0 Å². The molecule has 74 valence electrons. The molecule has 1 amide bonds. The van der Waals surface area contributed by atoms with Crippen LogP contribution in [-0.2, 0) is 14.3 Å². The Morgan fingerprint density at radius 2 is 2.31 bits per heavy atom. The Kier molecular flexibility index (Phi) is 3.28. The summed E-state index contributed by atoms with van der Waals surface area (Å²) in [5, 5.41) is 2.63. The maximum atomic E-state index is 11.3. The zero-order chi connectivity index (χ0) is 9.84. The van der Waals surface area contributed by atoms with E-state index in [-0.39, 0.29) is 17.8 Å². The van der Waals surface area contributed by atoms with Crippen LogP contribution in [0.3, 0.4) is 0 Å². The van der Waals surface area contributed by atoms with Crippen molar-refractivity contribution in [2.24, 2.45) is 5.92 Å². The highest BCUT2D eigenvalue weighted by Crippen LogP contribution is 2.20. The van der Waals surface area contributed by atoms with Gasteiger partial charge in [0.2, 0.25) is 5.91 Å². The van der Waals surface area contributed by atoms with Crippen LogP contribution in [0.1, 0.15) is 26.7 Å². The van der Waals surface area contributed by atoms with Gasteiger partial charge in [0.1, 0.15) is 6.04 Å². The molecule has 1 saturated heterocycles. The molecular weight excluding hydrogens is 170 g/mol. The van der Waals surface area contributed by atoms with Crippen LogP contribution in [0.25, 0.3) is 0 Å². The molecule has 0 aromatic heterocycles. The maximum absolute atomic E-state index is 11.3. The predicted octanol–water partition coefficient (Wildman–Crippen LogP) is 0.464. The Labute approximate surface area is 77.6 Å². The van der Waals surface area contributed by atoms with Gasteiger partial charge in [-0.1, -0.05) is 13.3 Å². The third-order valence-electron chi connectivity index (χ3n) is 2.30. The van der Waals surface area contributed by atoms with Crippen molar-refractivity contribution in [1.29, 1.82) is 0 Å². The minimum absolute atomic E-state index is 0.0510. The summed E-state index contributed by atoms with van der Waals surface area (Å²) < 4.78 is 4.85. The highest BCUT2D eigenvalue weighted by Gasteiger charge is 2.36. The second-order valence-corrected chi connectivity index (χ2v) is 3.17. The van der Waals surface area contributed by atoms with Gasteiger partial charge < -0.3 is 10.1 Å². The molecule has 1 N–H and O–H groups in total. The topological polar surface area (TPSA) is 55.4 Å². The summed E-state index contributed by atoms with van der Waals surface area (Å²) in [5.41, 5.74) is 0. The Balaban J connectivity index is 2.57. The molecule has 2 atom stereocenters. The summed E-state index contributed by atoms with van der Waals surface area (Å²) in [4.78, 5) is 22.3. The molecule has 4 nitrogen and oxygen atoms in total. The van der Waals surface area contributed by atoms with Crippen molar-refractivity contribution in [2.45, 2.75) is 32.7 Å². The first-order valence-electron chi connectivity index (χ1n) is 4.65. The van der Waals surface area contributed by atoms with Gasteiger partial charge in [0.25, 0.3) is 0 Å². The molecule has 0 saturated carbocycles. The molecule has 0 radical (unpaired) electrons. The molecule has 1 aliphatic rings. The lowest BCUT2D eigenvalue weighted by Gasteiger charge is -2.14. The van der Waals surface area contributed by atoms with Crippen molar-refractivity contribution in [3.63, 3.8) is 0 Å². The standard InChI is InChI=1S/C9H15NO3/c1-3-6-5-7(11)10-8(6)9(12)13-4-2/h6,8H,3-5H2,1-2H3,(H,10,11)/t6-,8-/m1/s1. The fraction of sp³-hybridized carbons (Fsp3) is 0.778. The van der Waals surface area contributed by atoms with E-state index in [0.717, 1.165) is 6.42 Å². The predicted molar refractivity (Wildman–Crippen MR) is 47.0 cm³/mol. The summed E-state index contributed by atoms with van der Waals surface area (Å²) in [5.74, 6) is -0.253. The van der Waals surface area contributed by atoms with Gasteiger partial charge in [-0.15, -0.1) is 0 Å². The highest BCUT2D eigenvalue weighted by molar-refractivity contribution is 5.88. The molecule has 0 aromatic carbocycles. The SMILES string of the molecule is CCOC(=O)[C@@H]1NC(=O)C[C@H]1CC. The molecule has 0 unspecified atom stereocenters. The molecule has 0 bridgehead atoms. The van der Waals surface area contributed by atoms with Crippen molar-refractivity contribution in [3.8, 4) is 0 Å². The Morgan fingerprint density at radius 1 is 1.62 bits per heavy atom. The summed E-state index contributed by atoms with van der Waals surface area (Å²) >= 11 is 0. The Morgan fingerprint density at radius 3 is 2.85 bits per heavy atom. The number of nitrogens with one attached hydrogen (secondary N) is 1. The van der Waals surface area contributed by atoms with Crippen LogP contribution in [0, 0.1) is 5.92 Å². The number of esters is 1. The van der Waals surface area contributed by atoms with Crippen molar-refractivity contribution < 1.29 is 14.3 Å². The van der Waals surface area contributed by atoms with Gasteiger partial charge in [-0.3, -0.25) is 4.79 Å². The highest BCUT2D eigenvalue weighted by atomic mass is 16.5. The molecule has 1 aliphatic heterocycles. The summed E-state index contributed by atoms with van der Waals surface area (Å²) in [6.45, 7) is 4.09. The summed E-state index contributed by atoms with van der Waals surface area (Å²) in [6, 6.07) is -0.419. The smallest absolute Gasteiger partial charge is 0.328 e. The molecule has 0 spiro atoms. The van der Waals surface area contributed by atoms with E-state index in [4.69, 9.17) is 4.74 Å². The summed E-state index contributed by atoms with van der Waals surface area (Å²) in [6.07, 6.45) is 1.27. The second-order valence-electron chi connectivity index (χ2n) is 3.17. The average molecular weight is 185 g/mol. The van der Waals surface area contributed by atoms with Gasteiger partial charge in [0, 0.05) is 6.42 Å². The van der Waals surface area contributed by atoms with E-state index in [9.17, 15) is 9.59 Å². The molecule has 4 heteroatoms. The lowest BCUT2D eigenvalue weighted by molar-refractivity contribution is -0.146. The van der Waals surface area contributed by atoms with Gasteiger partial charge in [-0.05, 0) is 12.8 Å². The number of carbonyl (C=O) groups is 2. The maximum Gasteiger partial charge on any atom is 0.328 e. The number of hydrogen-bond acceptors (Lipinski definition) is 3. The van der Waals surface area contributed by atoms with Gasteiger partial charge in [-0.25, -0.2) is 4.79 Å². The first kappa shape index (κ1) is 10.0. The fourth-order valence-electron chi connectivity index (χ4n) is 1.57. The van der Waals surface area contributed by atoms with Crippen LogP contribution in [0.5, 0.6) is 0 Å². The number of carbonyl (C=O) groups excluding carboxylic acids is 2. The lowest BCUT2D eigenvalue weighted by Crippen LogP contribution is -2.38. The van der Waals surface area contributed by atoms with E-state index in [0.29, 0.717) is 13.0 Å². The third-order valence-corrected chi connectivity index (χ3v) is 2.30. The van der Waals surface area contributed by atoms with Crippen LogP contribution in [-0.4, -0.2) is 24.5 Å². The van der Waals surface area contributed by atoms with E-state index in [1.807, 2.05) is 6.92 Å². The van der Waals surface area contributed by atoms with Gasteiger partial charge >= 0.3 is 5.97 Å². The molecule has 1 fully saturated rings. The molecule has 0 aliphatic carbocycles. The Hall–Kier alpha value is -1.06. The molecule has 0 aromatic rings. The molecule has 13 heavy (non-hydrogen) atoms. The van der Waals surface area contributed by atoms with Gasteiger partial charge in [0.15, 0.2) is 0 Å². The zero-order valence-electron chi connectivity index (χ0n) is 8.00. The number of hydrogen-bond donors (Lipinski definition) is 1. The van der Waals surface area contributed by atoms with Crippen LogP contribution < -0.4 is 5.32 Å². The van der Waals surface area contributed by atoms with Crippen LogP contribution in [0.15, 0.2) is 0 Å². The largest absolute Gasteiger partial charge is 0.464 e. The molecular formula is C9H15NO3. The first-order chi connectivity index (χ1) is 6.19. The quantitative estimate of drug-likeness (QED) is 0.650.